The number of alkyl halides is 2. The van der Waals surface area contributed by atoms with E-state index in [1.54, 1.807) is 0 Å². The van der Waals surface area contributed by atoms with Gasteiger partial charge in [0.05, 0.1) is 0 Å². The predicted octanol–water partition coefficient (Wildman–Crippen LogP) is 3.12. The minimum Gasteiger partial charge on any atom is -0.353 e. The molecule has 0 aromatic heterocycles. The van der Waals surface area contributed by atoms with Crippen molar-refractivity contribution < 1.29 is 9.18 Å². The number of amides is 1. The van der Waals surface area contributed by atoms with Crippen molar-refractivity contribution in [3.63, 3.8) is 0 Å². The molecule has 0 spiro atoms. The molecule has 6 nitrogen and oxygen atoms in total. The summed E-state index contributed by atoms with van der Waals surface area (Å²) in [5.41, 5.74) is 6.72. The van der Waals surface area contributed by atoms with Crippen LogP contribution in [0.1, 0.15) is 77.0 Å². The Balaban J connectivity index is 1.33. The highest BCUT2D eigenvalue weighted by atomic mass is 35.5. The number of carbonyl (C=O) groups is 1. The van der Waals surface area contributed by atoms with Gasteiger partial charge in [-0.25, -0.2) is 14.8 Å². The van der Waals surface area contributed by atoms with E-state index < -0.39 is 6.17 Å². The first-order valence-corrected chi connectivity index (χ1v) is 11.9. The molecule has 1 heterocycles. The molecule has 29 heavy (non-hydrogen) atoms. The summed E-state index contributed by atoms with van der Waals surface area (Å²) >= 11 is 6.25. The topological polar surface area (TPSA) is 77.5 Å². The molecule has 0 bridgehead atoms. The summed E-state index contributed by atoms with van der Waals surface area (Å²) in [6.07, 6.45) is 10.3. The molecule has 8 heteroatoms. The van der Waals surface area contributed by atoms with E-state index in [0.29, 0.717) is 55.0 Å². The van der Waals surface area contributed by atoms with Crippen LogP contribution in [0.5, 0.6) is 0 Å². The SMILES string of the molecule is O=C(N/C(=N/C1CC(C2CCC(Cl)CC2)NN1)NC1CCC1)C1CCC(F)CC1. The third-order valence-corrected chi connectivity index (χ3v) is 7.62. The van der Waals surface area contributed by atoms with Crippen molar-refractivity contribution in [2.24, 2.45) is 16.8 Å². The van der Waals surface area contributed by atoms with Crippen LogP contribution in [-0.4, -0.2) is 41.7 Å². The van der Waals surface area contributed by atoms with Crippen molar-refractivity contribution in [1.29, 1.82) is 0 Å². The summed E-state index contributed by atoms with van der Waals surface area (Å²) in [5, 5.41) is 6.77. The van der Waals surface area contributed by atoms with Crippen LogP contribution in [0.15, 0.2) is 4.99 Å². The summed E-state index contributed by atoms with van der Waals surface area (Å²) in [6.45, 7) is 0. The van der Waals surface area contributed by atoms with Crippen LogP contribution < -0.4 is 21.5 Å². The Morgan fingerprint density at radius 1 is 0.966 bits per heavy atom. The number of rotatable bonds is 4. The van der Waals surface area contributed by atoms with Crippen LogP contribution in [0.4, 0.5) is 4.39 Å². The van der Waals surface area contributed by atoms with Crippen LogP contribution in [0.2, 0.25) is 0 Å². The number of carbonyl (C=O) groups excluding carboxylic acids is 1. The molecule has 1 amide bonds. The number of halogens is 2. The van der Waals surface area contributed by atoms with Gasteiger partial charge in [-0.05, 0) is 76.5 Å². The Morgan fingerprint density at radius 2 is 1.69 bits per heavy atom. The number of hydrogen-bond acceptors (Lipinski definition) is 4. The second kappa shape index (κ2) is 9.92. The molecule has 0 radical (unpaired) electrons. The first-order valence-electron chi connectivity index (χ1n) is 11.5. The molecular weight excluding hydrogens is 393 g/mol. The standard InChI is InChI=1S/C21H35ClFN5O/c22-15-8-4-13(5-9-15)18-12-19(28-27-18)25-21(24-17-2-1-3-17)26-20(29)14-6-10-16(23)11-7-14/h13-19,27-28H,1-12H2,(H2,24,25,26,29). The van der Waals surface area contributed by atoms with Crippen molar-refractivity contribution >= 4 is 23.5 Å². The monoisotopic (exact) mass is 427 g/mol. The Hall–Kier alpha value is -0.920. The molecule has 0 aromatic rings. The number of hydrazine groups is 1. The highest BCUT2D eigenvalue weighted by molar-refractivity contribution is 6.20. The van der Waals surface area contributed by atoms with Gasteiger partial charge in [0, 0.05) is 29.8 Å². The molecular formula is C21H35ClFN5O. The van der Waals surface area contributed by atoms with E-state index in [-0.39, 0.29) is 18.0 Å². The molecule has 2 atom stereocenters. The Morgan fingerprint density at radius 3 is 2.34 bits per heavy atom. The molecule has 4 N–H and O–H groups in total. The van der Waals surface area contributed by atoms with E-state index in [2.05, 4.69) is 21.5 Å². The number of aliphatic imine (C=N–C) groups is 1. The summed E-state index contributed by atoms with van der Waals surface area (Å²) in [5.74, 6) is 1.08. The number of guanidine groups is 1. The fraction of sp³-hybridized carbons (Fsp3) is 0.905. The van der Waals surface area contributed by atoms with E-state index in [9.17, 15) is 9.18 Å². The van der Waals surface area contributed by atoms with Crippen molar-refractivity contribution in [2.75, 3.05) is 0 Å². The van der Waals surface area contributed by atoms with Crippen LogP contribution in [0, 0.1) is 11.8 Å². The van der Waals surface area contributed by atoms with Gasteiger partial charge < -0.3 is 5.32 Å². The Bertz CT molecular complexity index is 586. The van der Waals surface area contributed by atoms with Gasteiger partial charge in [-0.1, -0.05) is 0 Å². The average Bonchev–Trinajstić information content (AvgIpc) is 3.14. The minimum atomic E-state index is -0.750. The summed E-state index contributed by atoms with van der Waals surface area (Å²) in [7, 11) is 0. The average molecular weight is 428 g/mol. The zero-order valence-electron chi connectivity index (χ0n) is 17.1. The number of nitrogens with one attached hydrogen (secondary N) is 4. The van der Waals surface area contributed by atoms with Gasteiger partial charge in [0.15, 0.2) is 5.96 Å². The smallest absolute Gasteiger partial charge is 0.229 e. The molecule has 4 rings (SSSR count). The molecule has 4 aliphatic rings. The summed E-state index contributed by atoms with van der Waals surface area (Å²) in [4.78, 5) is 17.5. The Labute approximate surface area is 178 Å². The maximum atomic E-state index is 13.4. The first-order chi connectivity index (χ1) is 14.1. The van der Waals surface area contributed by atoms with Crippen LogP contribution >= 0.6 is 11.6 Å². The normalized spacial score (nSPS) is 39.0. The molecule has 3 aliphatic carbocycles. The van der Waals surface area contributed by atoms with Gasteiger partial charge in [-0.3, -0.25) is 15.5 Å². The molecule has 164 valence electrons. The lowest BCUT2D eigenvalue weighted by Crippen LogP contribution is -2.51. The lowest BCUT2D eigenvalue weighted by Gasteiger charge is -2.30. The molecule has 2 unspecified atom stereocenters. The number of nitrogens with zero attached hydrogens (tertiary/aromatic N) is 1. The largest absolute Gasteiger partial charge is 0.353 e. The minimum absolute atomic E-state index is 0.0228. The second-order valence-electron chi connectivity index (χ2n) is 9.35. The van der Waals surface area contributed by atoms with Crippen molar-refractivity contribution in [2.45, 2.75) is 107 Å². The molecule has 1 saturated heterocycles. The van der Waals surface area contributed by atoms with Gasteiger partial charge in [0.25, 0.3) is 0 Å². The number of hydrogen-bond donors (Lipinski definition) is 4. The van der Waals surface area contributed by atoms with Crippen LogP contribution in [0.3, 0.4) is 0 Å². The third kappa shape index (κ3) is 5.82. The molecule has 3 saturated carbocycles. The summed E-state index contributed by atoms with van der Waals surface area (Å²) < 4.78 is 13.4. The van der Waals surface area contributed by atoms with E-state index >= 15 is 0 Å². The predicted molar refractivity (Wildman–Crippen MR) is 113 cm³/mol. The van der Waals surface area contributed by atoms with Crippen molar-refractivity contribution in [1.82, 2.24) is 21.5 Å². The van der Waals surface area contributed by atoms with E-state index in [4.69, 9.17) is 16.6 Å². The van der Waals surface area contributed by atoms with E-state index in [1.807, 2.05) is 0 Å². The lowest BCUT2D eigenvalue weighted by atomic mass is 9.83. The van der Waals surface area contributed by atoms with Crippen molar-refractivity contribution in [3.05, 3.63) is 0 Å². The fourth-order valence-corrected chi connectivity index (χ4v) is 5.23. The lowest BCUT2D eigenvalue weighted by molar-refractivity contribution is -0.124. The highest BCUT2D eigenvalue weighted by Crippen LogP contribution is 2.32. The fourth-order valence-electron chi connectivity index (χ4n) is 4.98. The maximum Gasteiger partial charge on any atom is 0.229 e. The first kappa shape index (κ1) is 21.3. The van der Waals surface area contributed by atoms with E-state index in [0.717, 1.165) is 44.9 Å². The quantitative estimate of drug-likeness (QED) is 0.316. The van der Waals surface area contributed by atoms with Crippen LogP contribution in [-0.2, 0) is 4.79 Å². The van der Waals surface area contributed by atoms with Crippen LogP contribution in [0.25, 0.3) is 0 Å². The molecule has 1 aliphatic heterocycles. The zero-order valence-corrected chi connectivity index (χ0v) is 17.9. The maximum absolute atomic E-state index is 13.4. The van der Waals surface area contributed by atoms with Gasteiger partial charge in [-0.15, -0.1) is 11.6 Å². The van der Waals surface area contributed by atoms with E-state index in [1.165, 1.54) is 6.42 Å². The third-order valence-electron chi connectivity index (χ3n) is 7.18. The molecule has 0 aromatic carbocycles. The molecule has 4 fully saturated rings. The second-order valence-corrected chi connectivity index (χ2v) is 9.96. The zero-order chi connectivity index (χ0) is 20.2. The summed E-state index contributed by atoms with van der Waals surface area (Å²) in [6, 6.07) is 0.785. The van der Waals surface area contributed by atoms with Gasteiger partial charge in [-0.2, -0.15) is 0 Å². The highest BCUT2D eigenvalue weighted by Gasteiger charge is 2.33. The Kier molecular flexibility index (Phi) is 7.30. The van der Waals surface area contributed by atoms with Gasteiger partial charge >= 0.3 is 0 Å². The van der Waals surface area contributed by atoms with Crippen molar-refractivity contribution in [3.8, 4) is 0 Å². The van der Waals surface area contributed by atoms with Gasteiger partial charge in [0.1, 0.15) is 12.3 Å². The van der Waals surface area contributed by atoms with Gasteiger partial charge in [0.2, 0.25) is 5.91 Å².